The van der Waals surface area contributed by atoms with E-state index in [4.69, 9.17) is 4.74 Å². The van der Waals surface area contributed by atoms with Crippen molar-refractivity contribution in [2.45, 2.75) is 26.2 Å². The van der Waals surface area contributed by atoms with Crippen LogP contribution in [0.15, 0.2) is 6.07 Å². The molecule has 102 valence electrons. The van der Waals surface area contributed by atoms with Crippen LogP contribution in [0.25, 0.3) is 0 Å². The summed E-state index contributed by atoms with van der Waals surface area (Å²) in [5.41, 5.74) is 1.37. The fourth-order valence-corrected chi connectivity index (χ4v) is 2.02. The van der Waals surface area contributed by atoms with Crippen molar-refractivity contribution >= 4 is 23.2 Å². The molecule has 1 aromatic carbocycles. The molecule has 1 aromatic rings. The van der Waals surface area contributed by atoms with E-state index < -0.39 is 0 Å². The summed E-state index contributed by atoms with van der Waals surface area (Å²) in [5.74, 6) is 0.0949. The molecule has 0 aromatic heterocycles. The monoisotopic (exact) mass is 264 g/mol. The minimum Gasteiger partial charge on any atom is -0.505 e. The zero-order valence-corrected chi connectivity index (χ0v) is 10.9. The maximum absolute atomic E-state index is 11.4. The molecular weight excluding hydrogens is 248 g/mol. The van der Waals surface area contributed by atoms with Crippen LogP contribution >= 0.6 is 0 Å². The number of nitrogens with one attached hydrogen (secondary N) is 2. The number of amides is 2. The first-order valence-corrected chi connectivity index (χ1v) is 6.09. The summed E-state index contributed by atoms with van der Waals surface area (Å²) >= 11 is 0. The van der Waals surface area contributed by atoms with Crippen molar-refractivity contribution in [1.82, 2.24) is 0 Å². The highest BCUT2D eigenvalue weighted by molar-refractivity contribution is 5.99. The van der Waals surface area contributed by atoms with E-state index in [-0.39, 0.29) is 17.6 Å². The van der Waals surface area contributed by atoms with Crippen LogP contribution in [0.2, 0.25) is 0 Å². The van der Waals surface area contributed by atoms with Crippen LogP contribution in [0.1, 0.15) is 25.3 Å². The Bertz CT molecular complexity index is 540. The number of methoxy groups -OCH3 is 1. The van der Waals surface area contributed by atoms with Gasteiger partial charge in [-0.25, -0.2) is 0 Å². The van der Waals surface area contributed by atoms with Gasteiger partial charge in [-0.3, -0.25) is 9.59 Å². The highest BCUT2D eigenvalue weighted by atomic mass is 16.5. The van der Waals surface area contributed by atoms with E-state index in [1.165, 1.54) is 13.2 Å². The van der Waals surface area contributed by atoms with E-state index in [0.29, 0.717) is 42.0 Å². The Labute approximate surface area is 110 Å². The first kappa shape index (κ1) is 13.2. The van der Waals surface area contributed by atoms with Gasteiger partial charge in [-0.2, -0.15) is 0 Å². The number of aromatic hydroxyl groups is 1. The van der Waals surface area contributed by atoms with Crippen molar-refractivity contribution in [2.75, 3.05) is 17.7 Å². The second-order valence-electron chi connectivity index (χ2n) is 4.28. The first-order chi connectivity index (χ1) is 9.06. The zero-order chi connectivity index (χ0) is 14.0. The van der Waals surface area contributed by atoms with Gasteiger partial charge >= 0.3 is 0 Å². The van der Waals surface area contributed by atoms with Crippen LogP contribution in [-0.4, -0.2) is 24.0 Å². The lowest BCUT2D eigenvalue weighted by Crippen LogP contribution is -2.20. The van der Waals surface area contributed by atoms with Gasteiger partial charge in [-0.05, 0) is 6.42 Å². The number of anilines is 2. The average Bonchev–Trinajstić information content (AvgIpc) is 2.41. The van der Waals surface area contributed by atoms with E-state index in [1.54, 1.807) is 6.92 Å². The van der Waals surface area contributed by atoms with E-state index in [9.17, 15) is 14.7 Å². The summed E-state index contributed by atoms with van der Waals surface area (Å²) in [6.07, 6.45) is 1.03. The Morgan fingerprint density at radius 2 is 2.26 bits per heavy atom. The first-order valence-electron chi connectivity index (χ1n) is 6.09. The summed E-state index contributed by atoms with van der Waals surface area (Å²) in [5, 5.41) is 15.5. The van der Waals surface area contributed by atoms with Gasteiger partial charge in [0.1, 0.15) is 11.5 Å². The van der Waals surface area contributed by atoms with Gasteiger partial charge in [0.25, 0.3) is 0 Å². The number of hydrogen-bond donors (Lipinski definition) is 3. The fourth-order valence-electron chi connectivity index (χ4n) is 2.02. The third kappa shape index (κ3) is 2.47. The van der Waals surface area contributed by atoms with Crippen LogP contribution in [-0.2, 0) is 16.0 Å². The highest BCUT2D eigenvalue weighted by Crippen LogP contribution is 2.43. The molecule has 0 radical (unpaired) electrons. The van der Waals surface area contributed by atoms with Crippen molar-refractivity contribution in [2.24, 2.45) is 0 Å². The Balaban J connectivity index is 2.48. The van der Waals surface area contributed by atoms with Gasteiger partial charge in [0.15, 0.2) is 0 Å². The maximum atomic E-state index is 11.4. The van der Waals surface area contributed by atoms with Gasteiger partial charge in [-0.1, -0.05) is 6.92 Å². The van der Waals surface area contributed by atoms with Crippen molar-refractivity contribution < 1.29 is 19.4 Å². The van der Waals surface area contributed by atoms with E-state index >= 15 is 0 Å². The number of hydrogen-bond acceptors (Lipinski definition) is 4. The normalized spacial score (nSPS) is 13.5. The summed E-state index contributed by atoms with van der Waals surface area (Å²) < 4.78 is 5.19. The minimum atomic E-state index is -0.197. The van der Waals surface area contributed by atoms with Gasteiger partial charge in [0.05, 0.1) is 18.5 Å². The molecule has 1 aliphatic heterocycles. The molecule has 1 heterocycles. The molecule has 1 aliphatic rings. The maximum Gasteiger partial charge on any atom is 0.224 e. The number of phenols is 1. The fraction of sp³-hybridized carbons (Fsp3) is 0.385. The molecule has 3 N–H and O–H groups in total. The lowest BCUT2D eigenvalue weighted by atomic mass is 10.00. The Morgan fingerprint density at radius 1 is 1.53 bits per heavy atom. The lowest BCUT2D eigenvalue weighted by Gasteiger charge is -2.22. The average molecular weight is 264 g/mol. The number of carbonyl (C=O) groups excluding carboxylic acids is 2. The molecule has 0 aliphatic carbocycles. The summed E-state index contributed by atoms with van der Waals surface area (Å²) in [7, 11) is 1.47. The summed E-state index contributed by atoms with van der Waals surface area (Å²) in [6, 6.07) is 1.51. The van der Waals surface area contributed by atoms with Gasteiger partial charge in [0.2, 0.25) is 11.8 Å². The quantitative estimate of drug-likeness (QED) is 0.724. The molecular formula is C13H16N2O4. The largest absolute Gasteiger partial charge is 0.505 e. The molecule has 0 atom stereocenters. The molecule has 2 rings (SSSR count). The Morgan fingerprint density at radius 3 is 2.89 bits per heavy atom. The van der Waals surface area contributed by atoms with Gasteiger partial charge in [0, 0.05) is 24.5 Å². The lowest BCUT2D eigenvalue weighted by molar-refractivity contribution is -0.117. The molecule has 0 saturated heterocycles. The van der Waals surface area contributed by atoms with Gasteiger partial charge < -0.3 is 20.5 Å². The van der Waals surface area contributed by atoms with Crippen molar-refractivity contribution in [1.29, 1.82) is 0 Å². The second-order valence-corrected chi connectivity index (χ2v) is 4.28. The van der Waals surface area contributed by atoms with Crippen molar-refractivity contribution in [3.8, 4) is 11.5 Å². The third-order valence-electron chi connectivity index (χ3n) is 3.05. The third-order valence-corrected chi connectivity index (χ3v) is 3.05. The smallest absolute Gasteiger partial charge is 0.224 e. The number of carbonyl (C=O) groups is 2. The second kappa shape index (κ2) is 5.17. The molecule has 0 spiro atoms. The predicted molar refractivity (Wildman–Crippen MR) is 70.5 cm³/mol. The van der Waals surface area contributed by atoms with Crippen molar-refractivity contribution in [3.63, 3.8) is 0 Å². The molecule has 0 fully saturated rings. The molecule has 0 unspecified atom stereocenters. The highest BCUT2D eigenvalue weighted by Gasteiger charge is 2.24. The molecule has 6 heteroatoms. The molecule has 0 saturated carbocycles. The van der Waals surface area contributed by atoms with E-state index in [1.807, 2.05) is 0 Å². The van der Waals surface area contributed by atoms with Crippen LogP contribution in [0.3, 0.4) is 0 Å². The molecule has 0 bridgehead atoms. The van der Waals surface area contributed by atoms with E-state index in [0.717, 1.165) is 0 Å². The topological polar surface area (TPSA) is 87.7 Å². The number of ether oxygens (including phenoxy) is 1. The zero-order valence-electron chi connectivity index (χ0n) is 10.9. The summed E-state index contributed by atoms with van der Waals surface area (Å²) in [4.78, 5) is 22.8. The molecule has 6 nitrogen and oxygen atoms in total. The van der Waals surface area contributed by atoms with Crippen LogP contribution < -0.4 is 15.4 Å². The Hall–Kier alpha value is -2.24. The van der Waals surface area contributed by atoms with E-state index in [2.05, 4.69) is 10.6 Å². The standard InChI is InChI=1S/C13H16N2O4/c1-3-10(16)14-8-6-9(19-2)12-7(13(8)18)4-5-11(17)15-12/h6,18H,3-5H2,1-2H3,(H,14,16)(H,15,17). The Kier molecular flexibility index (Phi) is 3.59. The summed E-state index contributed by atoms with van der Waals surface area (Å²) in [6.45, 7) is 1.72. The minimum absolute atomic E-state index is 0.0161. The SMILES string of the molecule is CCC(=O)Nc1cc(OC)c2c(c1O)CCC(=O)N2. The number of rotatable bonds is 3. The molecule has 2 amide bonds. The number of fused-ring (bicyclic) bond motifs is 1. The van der Waals surface area contributed by atoms with Crippen molar-refractivity contribution in [3.05, 3.63) is 11.6 Å². The van der Waals surface area contributed by atoms with Gasteiger partial charge in [-0.15, -0.1) is 0 Å². The van der Waals surface area contributed by atoms with Crippen LogP contribution in [0.5, 0.6) is 11.5 Å². The number of benzene rings is 1. The number of phenolic OH excluding ortho intramolecular Hbond substituents is 1. The molecule has 19 heavy (non-hydrogen) atoms. The van der Waals surface area contributed by atoms with Crippen LogP contribution in [0, 0.1) is 0 Å². The van der Waals surface area contributed by atoms with Crippen LogP contribution in [0.4, 0.5) is 11.4 Å². The predicted octanol–water partition coefficient (Wildman–Crippen LogP) is 1.63.